The highest BCUT2D eigenvalue weighted by atomic mass is 16.5. The Morgan fingerprint density at radius 1 is 0.800 bits per heavy atom. The van der Waals surface area contributed by atoms with Crippen LogP contribution in [-0.2, 0) is 14.3 Å². The highest BCUT2D eigenvalue weighted by Gasteiger charge is 2.04. The van der Waals surface area contributed by atoms with Gasteiger partial charge in [-0.1, -0.05) is 58.3 Å². The summed E-state index contributed by atoms with van der Waals surface area (Å²) >= 11 is 0. The van der Waals surface area contributed by atoms with Crippen LogP contribution in [-0.4, -0.2) is 23.7 Å². The van der Waals surface area contributed by atoms with E-state index >= 15 is 0 Å². The molecule has 0 saturated heterocycles. The lowest BCUT2D eigenvalue weighted by molar-refractivity contribution is -0.144. The van der Waals surface area contributed by atoms with Crippen LogP contribution in [0.2, 0.25) is 0 Å². The van der Waals surface area contributed by atoms with Gasteiger partial charge in [-0.3, -0.25) is 9.59 Å². The molecule has 0 unspecified atom stereocenters. The number of rotatable bonds is 14. The maximum absolute atomic E-state index is 11.2. The number of carboxylic acids is 1. The molecule has 0 heterocycles. The number of hydrogen-bond acceptors (Lipinski definition) is 3. The largest absolute Gasteiger partial charge is 0.481 e. The maximum Gasteiger partial charge on any atom is 0.305 e. The van der Waals surface area contributed by atoms with E-state index in [4.69, 9.17) is 9.84 Å². The Morgan fingerprint density at radius 2 is 1.35 bits per heavy atom. The fraction of sp³-hybridized carbons (Fsp3) is 0.875. The first-order valence-corrected chi connectivity index (χ1v) is 8.04. The summed E-state index contributed by atoms with van der Waals surface area (Å²) < 4.78 is 5.05. The van der Waals surface area contributed by atoms with Crippen molar-refractivity contribution in [2.75, 3.05) is 6.61 Å². The third kappa shape index (κ3) is 15.0. The summed E-state index contributed by atoms with van der Waals surface area (Å²) in [5.74, 6) is -1.14. The molecule has 0 spiro atoms. The first kappa shape index (κ1) is 18.9. The van der Waals surface area contributed by atoms with Crippen LogP contribution in [0.25, 0.3) is 0 Å². The summed E-state index contributed by atoms with van der Waals surface area (Å²) in [5, 5.41) is 8.44. The molecule has 0 aliphatic heterocycles. The monoisotopic (exact) mass is 286 g/mol. The number of carboxylic acid groups (broad SMARTS) is 1. The molecule has 0 amide bonds. The van der Waals surface area contributed by atoms with Gasteiger partial charge in [0, 0.05) is 12.8 Å². The molecule has 0 radical (unpaired) electrons. The van der Waals surface area contributed by atoms with Gasteiger partial charge in [0.15, 0.2) is 0 Å². The molecule has 0 fully saturated rings. The minimum atomic E-state index is -0.864. The summed E-state index contributed by atoms with van der Waals surface area (Å²) in [6, 6.07) is 0. The van der Waals surface area contributed by atoms with Gasteiger partial charge in [0.25, 0.3) is 0 Å². The van der Waals surface area contributed by atoms with E-state index in [0.29, 0.717) is 13.0 Å². The molecule has 4 nitrogen and oxygen atoms in total. The molecule has 1 N–H and O–H groups in total. The van der Waals surface area contributed by atoms with Gasteiger partial charge in [-0.15, -0.1) is 0 Å². The molecule has 0 saturated carbocycles. The predicted molar refractivity (Wildman–Crippen MR) is 79.7 cm³/mol. The van der Waals surface area contributed by atoms with E-state index in [1.54, 1.807) is 0 Å². The molecule has 0 bridgehead atoms. The Morgan fingerprint density at radius 3 is 1.90 bits per heavy atom. The molecule has 0 aromatic heterocycles. The van der Waals surface area contributed by atoms with Gasteiger partial charge >= 0.3 is 11.9 Å². The van der Waals surface area contributed by atoms with Crippen LogP contribution in [0, 0.1) is 0 Å². The maximum atomic E-state index is 11.2. The highest BCUT2D eigenvalue weighted by Crippen LogP contribution is 2.09. The molecule has 4 heteroatoms. The second-order valence-corrected chi connectivity index (χ2v) is 5.30. The van der Waals surface area contributed by atoms with Crippen molar-refractivity contribution < 1.29 is 19.4 Å². The van der Waals surface area contributed by atoms with Crippen LogP contribution in [0.5, 0.6) is 0 Å². The average Bonchev–Trinajstić information content (AvgIpc) is 2.40. The van der Waals surface area contributed by atoms with Crippen molar-refractivity contribution >= 4 is 11.9 Å². The van der Waals surface area contributed by atoms with Gasteiger partial charge in [0.1, 0.15) is 0 Å². The van der Waals surface area contributed by atoms with E-state index in [9.17, 15) is 9.59 Å². The van der Waals surface area contributed by atoms with Crippen LogP contribution in [0.1, 0.15) is 84.0 Å². The molecule has 118 valence electrons. The normalized spacial score (nSPS) is 10.4. The molecule has 0 aliphatic carbocycles. The lowest BCUT2D eigenvalue weighted by atomic mass is 10.1. The quantitative estimate of drug-likeness (QED) is 0.381. The minimum absolute atomic E-state index is 0.0349. The zero-order valence-electron chi connectivity index (χ0n) is 12.9. The minimum Gasteiger partial charge on any atom is -0.481 e. The summed E-state index contributed by atoms with van der Waals surface area (Å²) in [6.45, 7) is 2.70. The summed E-state index contributed by atoms with van der Waals surface area (Å²) in [4.78, 5) is 21.5. The second kappa shape index (κ2) is 14.4. The number of ether oxygens (including phenoxy) is 1. The molecular weight excluding hydrogens is 256 g/mol. The Labute approximate surface area is 122 Å². The lowest BCUT2D eigenvalue weighted by Gasteiger charge is -2.04. The number of unbranched alkanes of at least 4 members (excludes halogenated alkanes) is 8. The Bertz CT molecular complexity index is 251. The summed E-state index contributed by atoms with van der Waals surface area (Å²) in [6.07, 6.45) is 11.8. The first-order valence-electron chi connectivity index (χ1n) is 8.04. The third-order valence-electron chi connectivity index (χ3n) is 3.28. The van der Waals surface area contributed by atoms with Gasteiger partial charge in [-0.05, 0) is 12.8 Å². The first-order chi connectivity index (χ1) is 9.66. The standard InChI is InChI=1S/C16H30O4/c1-2-3-4-5-6-7-8-9-10-14-20-16(19)13-11-12-15(17)18/h2-14H2,1H3,(H,17,18). The van der Waals surface area contributed by atoms with Crippen molar-refractivity contribution in [2.45, 2.75) is 84.0 Å². The van der Waals surface area contributed by atoms with Gasteiger partial charge in [-0.25, -0.2) is 0 Å². The zero-order chi connectivity index (χ0) is 15.1. The number of aliphatic carboxylic acids is 1. The molecule has 0 rings (SSSR count). The second-order valence-electron chi connectivity index (χ2n) is 5.30. The average molecular weight is 286 g/mol. The summed E-state index contributed by atoms with van der Waals surface area (Å²) in [7, 11) is 0. The number of hydrogen-bond donors (Lipinski definition) is 1. The van der Waals surface area contributed by atoms with E-state index in [0.717, 1.165) is 12.8 Å². The van der Waals surface area contributed by atoms with E-state index in [2.05, 4.69) is 6.92 Å². The lowest BCUT2D eigenvalue weighted by Crippen LogP contribution is -2.06. The van der Waals surface area contributed by atoms with Gasteiger partial charge in [0.2, 0.25) is 0 Å². The molecule has 20 heavy (non-hydrogen) atoms. The molecule has 0 aromatic carbocycles. The predicted octanol–water partition coefficient (Wildman–Crippen LogP) is 4.32. The van der Waals surface area contributed by atoms with Crippen LogP contribution >= 0.6 is 0 Å². The Balaban J connectivity index is 3.15. The SMILES string of the molecule is CCCCCCCCCCCOC(=O)CCCC(=O)O. The van der Waals surface area contributed by atoms with Crippen LogP contribution in [0.15, 0.2) is 0 Å². The Hall–Kier alpha value is -1.06. The molecule has 0 aromatic rings. The van der Waals surface area contributed by atoms with Crippen LogP contribution < -0.4 is 0 Å². The van der Waals surface area contributed by atoms with E-state index in [1.807, 2.05) is 0 Å². The molecule has 0 atom stereocenters. The van der Waals surface area contributed by atoms with Crippen molar-refractivity contribution in [3.63, 3.8) is 0 Å². The summed E-state index contributed by atoms with van der Waals surface area (Å²) in [5.41, 5.74) is 0. The van der Waals surface area contributed by atoms with Gasteiger partial charge < -0.3 is 9.84 Å². The number of esters is 1. The van der Waals surface area contributed by atoms with Crippen molar-refractivity contribution in [3.8, 4) is 0 Å². The number of carbonyl (C=O) groups is 2. The van der Waals surface area contributed by atoms with Crippen molar-refractivity contribution in [1.29, 1.82) is 0 Å². The fourth-order valence-corrected chi connectivity index (χ4v) is 2.05. The van der Waals surface area contributed by atoms with Gasteiger partial charge in [-0.2, -0.15) is 0 Å². The van der Waals surface area contributed by atoms with Crippen molar-refractivity contribution in [2.24, 2.45) is 0 Å². The van der Waals surface area contributed by atoms with E-state index in [1.165, 1.54) is 44.9 Å². The highest BCUT2D eigenvalue weighted by molar-refractivity contribution is 5.71. The zero-order valence-corrected chi connectivity index (χ0v) is 12.9. The smallest absolute Gasteiger partial charge is 0.305 e. The third-order valence-corrected chi connectivity index (χ3v) is 3.28. The molecule has 0 aliphatic rings. The van der Waals surface area contributed by atoms with E-state index < -0.39 is 5.97 Å². The topological polar surface area (TPSA) is 63.6 Å². The number of carbonyl (C=O) groups excluding carboxylic acids is 1. The van der Waals surface area contributed by atoms with Crippen molar-refractivity contribution in [1.82, 2.24) is 0 Å². The van der Waals surface area contributed by atoms with Crippen LogP contribution in [0.4, 0.5) is 0 Å². The molecular formula is C16H30O4. The van der Waals surface area contributed by atoms with Crippen LogP contribution in [0.3, 0.4) is 0 Å². The fourth-order valence-electron chi connectivity index (χ4n) is 2.05. The van der Waals surface area contributed by atoms with E-state index in [-0.39, 0.29) is 18.8 Å². The van der Waals surface area contributed by atoms with Crippen molar-refractivity contribution in [3.05, 3.63) is 0 Å². The Kier molecular flexibility index (Phi) is 13.6. The van der Waals surface area contributed by atoms with Gasteiger partial charge in [0.05, 0.1) is 6.61 Å².